The van der Waals surface area contributed by atoms with Crippen molar-refractivity contribution in [1.29, 1.82) is 0 Å². The molecular formula is C16H16ClFN2. The van der Waals surface area contributed by atoms with E-state index in [0.717, 1.165) is 37.3 Å². The Hall–Kier alpha value is -1.58. The van der Waals surface area contributed by atoms with Gasteiger partial charge in [0.2, 0.25) is 0 Å². The lowest BCUT2D eigenvalue weighted by Gasteiger charge is -2.29. The lowest BCUT2D eigenvalue weighted by Crippen LogP contribution is -2.30. The number of nitrogens with zero attached hydrogens (tertiary/aromatic N) is 1. The van der Waals surface area contributed by atoms with Crippen LogP contribution in [0.5, 0.6) is 0 Å². The summed E-state index contributed by atoms with van der Waals surface area (Å²) in [6, 6.07) is 11.0. The van der Waals surface area contributed by atoms with Gasteiger partial charge in [-0.15, -0.1) is 0 Å². The number of anilines is 1. The zero-order chi connectivity index (χ0) is 14.1. The second-order valence-electron chi connectivity index (χ2n) is 5.19. The zero-order valence-corrected chi connectivity index (χ0v) is 11.8. The van der Waals surface area contributed by atoms with Crippen molar-refractivity contribution in [3.63, 3.8) is 0 Å². The van der Waals surface area contributed by atoms with E-state index < -0.39 is 0 Å². The molecule has 0 saturated carbocycles. The van der Waals surface area contributed by atoms with Crippen molar-refractivity contribution in [2.45, 2.75) is 19.5 Å². The Balaban J connectivity index is 1.76. The van der Waals surface area contributed by atoms with Crippen molar-refractivity contribution in [3.05, 3.63) is 63.9 Å². The number of nitrogen functional groups attached to an aromatic ring is 1. The molecule has 0 radical (unpaired) electrons. The first-order valence-electron chi connectivity index (χ1n) is 6.66. The first-order chi connectivity index (χ1) is 9.63. The molecular weight excluding hydrogens is 275 g/mol. The second-order valence-corrected chi connectivity index (χ2v) is 5.60. The number of rotatable bonds is 2. The smallest absolute Gasteiger partial charge is 0.142 e. The molecule has 2 aromatic rings. The van der Waals surface area contributed by atoms with Gasteiger partial charge in [0, 0.05) is 25.3 Å². The summed E-state index contributed by atoms with van der Waals surface area (Å²) in [7, 11) is 0. The minimum atomic E-state index is -0.356. The minimum absolute atomic E-state index is 0.172. The van der Waals surface area contributed by atoms with Crippen LogP contribution in [0.4, 0.5) is 10.1 Å². The highest BCUT2D eigenvalue weighted by atomic mass is 35.5. The topological polar surface area (TPSA) is 29.3 Å². The zero-order valence-electron chi connectivity index (χ0n) is 11.1. The monoisotopic (exact) mass is 290 g/mol. The maximum absolute atomic E-state index is 13.5. The lowest BCUT2D eigenvalue weighted by atomic mass is 9.97. The van der Waals surface area contributed by atoms with Gasteiger partial charge in [0.05, 0.1) is 5.02 Å². The van der Waals surface area contributed by atoms with Gasteiger partial charge in [0.1, 0.15) is 5.82 Å². The van der Waals surface area contributed by atoms with Crippen LogP contribution in [0.1, 0.15) is 16.7 Å². The van der Waals surface area contributed by atoms with E-state index in [2.05, 4.69) is 11.0 Å². The summed E-state index contributed by atoms with van der Waals surface area (Å²) in [5, 5.41) is 0.172. The fraction of sp³-hybridized carbons (Fsp3) is 0.250. The predicted molar refractivity (Wildman–Crippen MR) is 80.1 cm³/mol. The summed E-state index contributed by atoms with van der Waals surface area (Å²) in [4.78, 5) is 2.30. The standard InChI is InChI=1S/C16H16ClFN2/c17-14-5-4-11(8-15(14)18)9-20-7-6-13-12(10-20)2-1-3-16(13)19/h1-5,8H,6-7,9-10,19H2. The lowest BCUT2D eigenvalue weighted by molar-refractivity contribution is 0.245. The normalized spacial score (nSPS) is 15.1. The van der Waals surface area contributed by atoms with Crippen LogP contribution in [0.3, 0.4) is 0 Å². The highest BCUT2D eigenvalue weighted by Gasteiger charge is 2.18. The van der Waals surface area contributed by atoms with E-state index in [-0.39, 0.29) is 10.8 Å². The third-order valence-corrected chi connectivity index (χ3v) is 4.08. The SMILES string of the molecule is Nc1cccc2c1CCN(Cc1ccc(Cl)c(F)c1)C2. The van der Waals surface area contributed by atoms with Crippen LogP contribution >= 0.6 is 11.6 Å². The molecule has 0 aliphatic carbocycles. The molecule has 0 bridgehead atoms. The Kier molecular flexibility index (Phi) is 3.64. The van der Waals surface area contributed by atoms with E-state index >= 15 is 0 Å². The Morgan fingerprint density at radius 1 is 1.25 bits per heavy atom. The Labute approximate surface area is 123 Å². The van der Waals surface area contributed by atoms with Gasteiger partial charge in [0.15, 0.2) is 0 Å². The molecule has 3 rings (SSSR count). The molecule has 0 saturated heterocycles. The van der Waals surface area contributed by atoms with Crippen molar-refractivity contribution < 1.29 is 4.39 Å². The molecule has 0 spiro atoms. The molecule has 0 fully saturated rings. The largest absolute Gasteiger partial charge is 0.398 e. The number of fused-ring (bicyclic) bond motifs is 1. The number of nitrogens with two attached hydrogens (primary N) is 1. The summed E-state index contributed by atoms with van der Waals surface area (Å²) >= 11 is 5.71. The third-order valence-electron chi connectivity index (χ3n) is 3.77. The molecule has 4 heteroatoms. The van der Waals surface area contributed by atoms with Gasteiger partial charge in [-0.25, -0.2) is 4.39 Å². The summed E-state index contributed by atoms with van der Waals surface area (Å²) in [6.07, 6.45) is 0.943. The maximum Gasteiger partial charge on any atom is 0.142 e. The summed E-state index contributed by atoms with van der Waals surface area (Å²) in [5.41, 5.74) is 10.3. The quantitative estimate of drug-likeness (QED) is 0.856. The van der Waals surface area contributed by atoms with E-state index in [0.29, 0.717) is 0 Å². The van der Waals surface area contributed by atoms with Crippen LogP contribution in [-0.4, -0.2) is 11.4 Å². The van der Waals surface area contributed by atoms with Gasteiger partial charge >= 0.3 is 0 Å². The van der Waals surface area contributed by atoms with E-state index in [1.54, 1.807) is 6.07 Å². The Morgan fingerprint density at radius 2 is 2.10 bits per heavy atom. The van der Waals surface area contributed by atoms with Crippen molar-refractivity contribution >= 4 is 17.3 Å². The molecule has 20 heavy (non-hydrogen) atoms. The van der Waals surface area contributed by atoms with Gasteiger partial charge < -0.3 is 5.73 Å². The Morgan fingerprint density at radius 3 is 2.90 bits per heavy atom. The van der Waals surface area contributed by atoms with Crippen LogP contribution in [0.15, 0.2) is 36.4 Å². The highest BCUT2D eigenvalue weighted by molar-refractivity contribution is 6.30. The van der Waals surface area contributed by atoms with Crippen LogP contribution in [0.2, 0.25) is 5.02 Å². The fourth-order valence-corrected chi connectivity index (χ4v) is 2.85. The molecule has 2 aromatic carbocycles. The molecule has 2 nitrogen and oxygen atoms in total. The van der Waals surface area contributed by atoms with E-state index in [4.69, 9.17) is 17.3 Å². The summed E-state index contributed by atoms with van der Waals surface area (Å²) in [6.45, 7) is 2.51. The van der Waals surface area contributed by atoms with Crippen molar-refractivity contribution in [2.75, 3.05) is 12.3 Å². The number of benzene rings is 2. The summed E-state index contributed by atoms with van der Waals surface area (Å²) in [5.74, 6) is -0.356. The first kappa shape index (κ1) is 13.4. The van der Waals surface area contributed by atoms with Crippen molar-refractivity contribution in [3.8, 4) is 0 Å². The minimum Gasteiger partial charge on any atom is -0.398 e. The highest BCUT2D eigenvalue weighted by Crippen LogP contribution is 2.25. The van der Waals surface area contributed by atoms with Crippen LogP contribution in [-0.2, 0) is 19.5 Å². The van der Waals surface area contributed by atoms with Gasteiger partial charge in [-0.1, -0.05) is 29.8 Å². The van der Waals surface area contributed by atoms with E-state index in [9.17, 15) is 4.39 Å². The fourth-order valence-electron chi connectivity index (χ4n) is 2.73. The molecule has 2 N–H and O–H groups in total. The molecule has 0 amide bonds. The number of hydrogen-bond acceptors (Lipinski definition) is 2. The van der Waals surface area contributed by atoms with Crippen LogP contribution < -0.4 is 5.73 Å². The molecule has 1 heterocycles. The number of halogens is 2. The molecule has 0 atom stereocenters. The third kappa shape index (κ3) is 2.65. The second kappa shape index (κ2) is 5.43. The molecule has 104 valence electrons. The van der Waals surface area contributed by atoms with Crippen LogP contribution in [0.25, 0.3) is 0 Å². The number of hydrogen-bond donors (Lipinski definition) is 1. The van der Waals surface area contributed by atoms with E-state index in [1.165, 1.54) is 17.2 Å². The van der Waals surface area contributed by atoms with Crippen LogP contribution in [0, 0.1) is 5.82 Å². The van der Waals surface area contributed by atoms with Gasteiger partial charge in [-0.05, 0) is 41.3 Å². The van der Waals surface area contributed by atoms with Gasteiger partial charge in [-0.2, -0.15) is 0 Å². The van der Waals surface area contributed by atoms with Crippen molar-refractivity contribution in [2.24, 2.45) is 0 Å². The molecule has 1 aliphatic heterocycles. The first-order valence-corrected chi connectivity index (χ1v) is 7.04. The molecule has 0 aromatic heterocycles. The van der Waals surface area contributed by atoms with Gasteiger partial charge in [0.25, 0.3) is 0 Å². The summed E-state index contributed by atoms with van der Waals surface area (Å²) < 4.78 is 13.5. The predicted octanol–water partition coefficient (Wildman–Crippen LogP) is 3.62. The van der Waals surface area contributed by atoms with Crippen molar-refractivity contribution in [1.82, 2.24) is 4.90 Å². The average Bonchev–Trinajstić information content (AvgIpc) is 2.43. The molecule has 1 aliphatic rings. The average molecular weight is 291 g/mol. The Bertz CT molecular complexity index is 642. The van der Waals surface area contributed by atoms with Gasteiger partial charge in [-0.3, -0.25) is 4.90 Å². The molecule has 0 unspecified atom stereocenters. The van der Waals surface area contributed by atoms with E-state index in [1.807, 2.05) is 18.2 Å². The maximum atomic E-state index is 13.5.